The summed E-state index contributed by atoms with van der Waals surface area (Å²) in [7, 11) is 1.66. The topological polar surface area (TPSA) is 53.6 Å². The molecule has 5 nitrogen and oxygen atoms in total. The number of carbonyl (C=O) groups is 1. The Balaban J connectivity index is 1.55. The maximum absolute atomic E-state index is 12.5. The number of carbonyl (C=O) groups excluding carboxylic acids is 1. The molecule has 2 aliphatic rings. The van der Waals surface area contributed by atoms with Gasteiger partial charge in [0.05, 0.1) is 13.7 Å². The number of benzene rings is 1. The molecule has 2 N–H and O–H groups in total. The van der Waals surface area contributed by atoms with Crippen LogP contribution >= 0.6 is 0 Å². The molecular formula is C19H29N3O2. The lowest BCUT2D eigenvalue weighted by Crippen LogP contribution is -2.63. The van der Waals surface area contributed by atoms with E-state index in [1.165, 1.54) is 32.1 Å². The first-order valence-corrected chi connectivity index (χ1v) is 9.07. The second-order valence-corrected chi connectivity index (χ2v) is 7.01. The predicted octanol–water partition coefficient (Wildman–Crippen LogP) is 1.92. The molecule has 2 fully saturated rings. The summed E-state index contributed by atoms with van der Waals surface area (Å²) in [6.07, 6.45) is 6.32. The molecule has 0 bridgehead atoms. The molecular weight excluding hydrogens is 302 g/mol. The molecule has 1 aromatic carbocycles. The number of hydrogen-bond donors (Lipinski definition) is 2. The van der Waals surface area contributed by atoms with E-state index in [1.807, 2.05) is 24.3 Å². The first-order chi connectivity index (χ1) is 11.7. The van der Waals surface area contributed by atoms with Crippen LogP contribution in [0.3, 0.4) is 0 Å². The summed E-state index contributed by atoms with van der Waals surface area (Å²) in [6.45, 7) is 4.02. The third-order valence-corrected chi connectivity index (χ3v) is 5.43. The summed E-state index contributed by atoms with van der Waals surface area (Å²) in [5.41, 5.74) is 1.26. The van der Waals surface area contributed by atoms with Crippen LogP contribution in [0.5, 0.6) is 5.75 Å². The van der Waals surface area contributed by atoms with E-state index in [0.717, 1.165) is 30.9 Å². The van der Waals surface area contributed by atoms with Crippen molar-refractivity contribution >= 4 is 5.91 Å². The maximum atomic E-state index is 12.5. The number of methoxy groups -OCH3 is 1. The highest BCUT2D eigenvalue weighted by molar-refractivity contribution is 5.78. The normalized spacial score (nSPS) is 20.7. The average molecular weight is 331 g/mol. The fourth-order valence-electron chi connectivity index (χ4n) is 4.05. The molecule has 1 aliphatic heterocycles. The Morgan fingerprint density at radius 2 is 2.17 bits per heavy atom. The third kappa shape index (κ3) is 4.08. The van der Waals surface area contributed by atoms with Crippen LogP contribution < -0.4 is 15.4 Å². The van der Waals surface area contributed by atoms with Crippen molar-refractivity contribution in [2.24, 2.45) is 0 Å². The van der Waals surface area contributed by atoms with Crippen molar-refractivity contribution in [1.82, 2.24) is 15.5 Å². The molecule has 1 amide bonds. The van der Waals surface area contributed by atoms with Crippen LogP contribution in [-0.2, 0) is 11.3 Å². The van der Waals surface area contributed by atoms with Gasteiger partial charge in [0.15, 0.2) is 0 Å². The molecule has 3 rings (SSSR count). The lowest BCUT2D eigenvalue weighted by Gasteiger charge is -2.49. The first kappa shape index (κ1) is 17.2. The SMILES string of the molecule is COc1cccc(CNC(=O)CN2CCNCC23CCCCC3)c1. The molecule has 132 valence electrons. The van der Waals surface area contributed by atoms with E-state index in [4.69, 9.17) is 4.74 Å². The quantitative estimate of drug-likeness (QED) is 0.865. The fourth-order valence-corrected chi connectivity index (χ4v) is 4.05. The molecule has 1 spiro atoms. The lowest BCUT2D eigenvalue weighted by atomic mass is 9.79. The number of ether oxygens (including phenoxy) is 1. The zero-order valence-electron chi connectivity index (χ0n) is 14.6. The van der Waals surface area contributed by atoms with E-state index in [-0.39, 0.29) is 11.4 Å². The minimum atomic E-state index is 0.115. The molecule has 5 heteroatoms. The summed E-state index contributed by atoms with van der Waals surface area (Å²) in [6, 6.07) is 7.84. The van der Waals surface area contributed by atoms with Crippen LogP contribution in [0.25, 0.3) is 0 Å². The van der Waals surface area contributed by atoms with Gasteiger partial charge in [-0.05, 0) is 30.5 Å². The van der Waals surface area contributed by atoms with Crippen molar-refractivity contribution in [3.8, 4) is 5.75 Å². The van der Waals surface area contributed by atoms with Gasteiger partial charge in [0.1, 0.15) is 5.75 Å². The van der Waals surface area contributed by atoms with Gasteiger partial charge < -0.3 is 15.4 Å². The summed E-state index contributed by atoms with van der Waals surface area (Å²) in [5.74, 6) is 0.940. The van der Waals surface area contributed by atoms with Crippen LogP contribution in [0, 0.1) is 0 Å². The van der Waals surface area contributed by atoms with Crippen LogP contribution in [-0.4, -0.2) is 49.6 Å². The Labute approximate surface area is 144 Å². The minimum absolute atomic E-state index is 0.115. The van der Waals surface area contributed by atoms with Crippen molar-refractivity contribution in [3.05, 3.63) is 29.8 Å². The van der Waals surface area contributed by atoms with Gasteiger partial charge in [0.25, 0.3) is 0 Å². The summed E-state index contributed by atoms with van der Waals surface area (Å²) < 4.78 is 5.23. The number of nitrogens with zero attached hydrogens (tertiary/aromatic N) is 1. The number of rotatable bonds is 5. The van der Waals surface area contributed by atoms with E-state index < -0.39 is 0 Å². The summed E-state index contributed by atoms with van der Waals surface area (Å²) >= 11 is 0. The smallest absolute Gasteiger partial charge is 0.234 e. The first-order valence-electron chi connectivity index (χ1n) is 9.07. The predicted molar refractivity (Wildman–Crippen MR) is 95.1 cm³/mol. The van der Waals surface area contributed by atoms with E-state index in [1.54, 1.807) is 7.11 Å². The van der Waals surface area contributed by atoms with E-state index in [2.05, 4.69) is 15.5 Å². The number of nitrogens with one attached hydrogen (secondary N) is 2. The third-order valence-electron chi connectivity index (χ3n) is 5.43. The molecule has 1 saturated carbocycles. The molecule has 1 aliphatic carbocycles. The maximum Gasteiger partial charge on any atom is 0.234 e. The second-order valence-electron chi connectivity index (χ2n) is 7.01. The van der Waals surface area contributed by atoms with E-state index in [0.29, 0.717) is 13.1 Å². The highest BCUT2D eigenvalue weighted by atomic mass is 16.5. The largest absolute Gasteiger partial charge is 0.497 e. The van der Waals surface area contributed by atoms with Gasteiger partial charge in [-0.3, -0.25) is 9.69 Å². The second kappa shape index (κ2) is 7.99. The minimum Gasteiger partial charge on any atom is -0.497 e. The number of amides is 1. The van der Waals surface area contributed by atoms with Gasteiger partial charge in [-0.2, -0.15) is 0 Å². The van der Waals surface area contributed by atoms with E-state index >= 15 is 0 Å². The van der Waals surface area contributed by atoms with Gasteiger partial charge >= 0.3 is 0 Å². The Kier molecular flexibility index (Phi) is 5.74. The Bertz CT molecular complexity index is 547. The van der Waals surface area contributed by atoms with Crippen molar-refractivity contribution in [1.29, 1.82) is 0 Å². The van der Waals surface area contributed by atoms with Crippen molar-refractivity contribution in [2.45, 2.75) is 44.2 Å². The lowest BCUT2D eigenvalue weighted by molar-refractivity contribution is -0.125. The molecule has 24 heavy (non-hydrogen) atoms. The zero-order valence-corrected chi connectivity index (χ0v) is 14.6. The summed E-state index contributed by atoms with van der Waals surface area (Å²) in [4.78, 5) is 14.9. The highest BCUT2D eigenvalue weighted by Crippen LogP contribution is 2.34. The molecule has 0 aromatic heterocycles. The Morgan fingerprint density at radius 1 is 1.33 bits per heavy atom. The Hall–Kier alpha value is -1.59. The molecule has 1 heterocycles. The number of hydrogen-bond acceptors (Lipinski definition) is 4. The van der Waals surface area contributed by atoms with Crippen LogP contribution in [0.2, 0.25) is 0 Å². The van der Waals surface area contributed by atoms with Crippen molar-refractivity contribution in [3.63, 3.8) is 0 Å². The van der Waals surface area contributed by atoms with Gasteiger partial charge in [-0.1, -0.05) is 31.4 Å². The zero-order chi connectivity index (χ0) is 16.8. The van der Waals surface area contributed by atoms with Gasteiger partial charge in [-0.15, -0.1) is 0 Å². The van der Waals surface area contributed by atoms with Crippen LogP contribution in [0.15, 0.2) is 24.3 Å². The molecule has 0 atom stereocenters. The molecule has 0 radical (unpaired) electrons. The van der Waals surface area contributed by atoms with Crippen LogP contribution in [0.4, 0.5) is 0 Å². The fraction of sp³-hybridized carbons (Fsp3) is 0.632. The van der Waals surface area contributed by atoms with E-state index in [9.17, 15) is 4.79 Å². The molecule has 0 unspecified atom stereocenters. The Morgan fingerprint density at radius 3 is 2.96 bits per heavy atom. The molecule has 1 saturated heterocycles. The van der Waals surface area contributed by atoms with Gasteiger partial charge in [0, 0.05) is 31.7 Å². The highest BCUT2D eigenvalue weighted by Gasteiger charge is 2.40. The van der Waals surface area contributed by atoms with Crippen molar-refractivity contribution in [2.75, 3.05) is 33.3 Å². The summed E-state index contributed by atoms with van der Waals surface area (Å²) in [5, 5.41) is 6.59. The van der Waals surface area contributed by atoms with Crippen molar-refractivity contribution < 1.29 is 9.53 Å². The van der Waals surface area contributed by atoms with Gasteiger partial charge in [0.2, 0.25) is 5.91 Å². The van der Waals surface area contributed by atoms with Crippen LogP contribution in [0.1, 0.15) is 37.7 Å². The average Bonchev–Trinajstić information content (AvgIpc) is 2.63. The van der Waals surface area contributed by atoms with Gasteiger partial charge in [-0.25, -0.2) is 0 Å². The standard InChI is InChI=1S/C19H29N3O2/c1-24-17-7-5-6-16(12-17)13-21-18(23)14-22-11-10-20-15-19(22)8-3-2-4-9-19/h5-7,12,20H,2-4,8-11,13-15H2,1H3,(H,21,23). The molecule has 1 aromatic rings. The monoisotopic (exact) mass is 331 g/mol. The number of piperazine rings is 1.